The van der Waals surface area contributed by atoms with Gasteiger partial charge in [0.15, 0.2) is 0 Å². The van der Waals surface area contributed by atoms with Crippen molar-refractivity contribution < 1.29 is 4.18 Å². The van der Waals surface area contributed by atoms with E-state index in [0.717, 1.165) is 29.6 Å². The zero-order chi connectivity index (χ0) is 23.6. The summed E-state index contributed by atoms with van der Waals surface area (Å²) in [4.78, 5) is 0. The molecule has 0 bridgehead atoms. The van der Waals surface area contributed by atoms with Gasteiger partial charge in [-0.25, -0.2) is 0 Å². The molecule has 4 rings (SSSR count). The SMILES string of the molecule is CCC(CC)C/C=C/CC1CCC2C3CC=C4CC(OSP(I)I)CCC4(C)C3CCC12C. The van der Waals surface area contributed by atoms with Crippen LogP contribution in [0.2, 0.25) is 0 Å². The Morgan fingerprint density at radius 1 is 1.09 bits per heavy atom. The lowest BCUT2D eigenvalue weighted by atomic mass is 9.47. The Bertz CT molecular complexity index is 723. The first-order chi connectivity index (χ1) is 15.8. The molecule has 5 heteroatoms. The van der Waals surface area contributed by atoms with Crippen molar-refractivity contribution >= 4 is 58.2 Å². The van der Waals surface area contributed by atoms with Crippen molar-refractivity contribution in [2.45, 2.75) is 111 Å². The van der Waals surface area contributed by atoms with Crippen molar-refractivity contribution in [3.63, 3.8) is 0 Å². The maximum atomic E-state index is 6.23. The summed E-state index contributed by atoms with van der Waals surface area (Å²) in [7, 11) is 0. The van der Waals surface area contributed by atoms with Gasteiger partial charge in [-0.3, -0.25) is 0 Å². The van der Waals surface area contributed by atoms with E-state index < -0.39 is 0 Å². The van der Waals surface area contributed by atoms with Gasteiger partial charge in [-0.15, -0.1) is 0 Å². The molecule has 0 radical (unpaired) electrons. The molecule has 0 saturated heterocycles. The smallest absolute Gasteiger partial charge is 0.113 e. The van der Waals surface area contributed by atoms with Crippen LogP contribution in [0, 0.1) is 40.4 Å². The second-order valence-electron chi connectivity index (χ2n) is 11.9. The van der Waals surface area contributed by atoms with Crippen molar-refractivity contribution in [3.8, 4) is 0 Å². The Balaban J connectivity index is 1.40. The molecule has 0 spiro atoms. The first-order valence-corrected chi connectivity index (χ1v) is 21.9. The zero-order valence-electron chi connectivity index (χ0n) is 21.2. The molecule has 188 valence electrons. The molecule has 33 heavy (non-hydrogen) atoms. The highest BCUT2D eigenvalue weighted by molar-refractivity contribution is 14.3. The lowest BCUT2D eigenvalue weighted by molar-refractivity contribution is -0.0466. The van der Waals surface area contributed by atoms with Crippen LogP contribution in [-0.2, 0) is 4.18 Å². The van der Waals surface area contributed by atoms with Crippen LogP contribution in [0.15, 0.2) is 23.8 Å². The van der Waals surface area contributed by atoms with E-state index in [1.54, 1.807) is 17.2 Å². The molecule has 0 N–H and O–H groups in total. The van der Waals surface area contributed by atoms with Crippen LogP contribution in [0.5, 0.6) is 0 Å². The number of rotatable bonds is 9. The van der Waals surface area contributed by atoms with Crippen LogP contribution in [0.1, 0.15) is 105 Å². The molecule has 7 unspecified atom stereocenters. The van der Waals surface area contributed by atoms with Crippen LogP contribution in [-0.4, -0.2) is 6.10 Å². The summed E-state index contributed by atoms with van der Waals surface area (Å²) in [5.41, 5.74) is 2.78. The third-order valence-electron chi connectivity index (χ3n) is 10.7. The average Bonchev–Trinajstić information content (AvgIpc) is 3.14. The average molecular weight is 715 g/mol. The minimum absolute atomic E-state index is 0.0876. The van der Waals surface area contributed by atoms with Gasteiger partial charge in [0.05, 0.1) is 6.10 Å². The van der Waals surface area contributed by atoms with Gasteiger partial charge in [-0.05, 0) is 149 Å². The molecule has 3 fully saturated rings. The van der Waals surface area contributed by atoms with Gasteiger partial charge in [-0.1, -0.05) is 64.3 Å². The van der Waals surface area contributed by atoms with E-state index in [1.807, 2.05) is 0 Å². The van der Waals surface area contributed by atoms with E-state index in [-0.39, 0.29) is 2.41 Å². The Morgan fingerprint density at radius 3 is 2.61 bits per heavy atom. The predicted octanol–water partition coefficient (Wildman–Crippen LogP) is 11.5. The summed E-state index contributed by atoms with van der Waals surface area (Å²) in [5.74, 6) is 4.60. The highest BCUT2D eigenvalue weighted by Gasteiger charge is 2.58. The second kappa shape index (κ2) is 12.0. The fourth-order valence-corrected chi connectivity index (χ4v) is 11.1. The minimum Gasteiger partial charge on any atom is -0.306 e. The number of hydrogen-bond acceptors (Lipinski definition) is 2. The molecule has 0 aliphatic heterocycles. The van der Waals surface area contributed by atoms with E-state index >= 15 is 0 Å². The highest BCUT2D eigenvalue weighted by Crippen LogP contribution is 2.68. The van der Waals surface area contributed by atoms with Crippen LogP contribution in [0.3, 0.4) is 0 Å². The number of hydrogen-bond donors (Lipinski definition) is 0. The molecular weight excluding hydrogens is 669 g/mol. The van der Waals surface area contributed by atoms with E-state index in [9.17, 15) is 0 Å². The molecule has 0 aromatic rings. The quantitative estimate of drug-likeness (QED) is 0.102. The zero-order valence-corrected chi connectivity index (χ0v) is 27.2. The largest absolute Gasteiger partial charge is 0.306 e. The minimum atomic E-state index is -0.0876. The normalized spacial score (nSPS) is 40.7. The molecule has 0 aromatic heterocycles. The molecule has 4 aliphatic rings. The van der Waals surface area contributed by atoms with Crippen molar-refractivity contribution in [1.29, 1.82) is 0 Å². The van der Waals surface area contributed by atoms with Crippen molar-refractivity contribution in [1.82, 2.24) is 0 Å². The lowest BCUT2D eigenvalue weighted by Crippen LogP contribution is -2.50. The summed E-state index contributed by atoms with van der Waals surface area (Å²) in [6.07, 6.45) is 24.5. The molecule has 0 heterocycles. The predicted molar refractivity (Wildman–Crippen MR) is 165 cm³/mol. The van der Waals surface area contributed by atoms with Crippen LogP contribution >= 0.6 is 58.2 Å². The molecule has 4 aliphatic carbocycles. The van der Waals surface area contributed by atoms with Gasteiger partial charge < -0.3 is 4.18 Å². The van der Waals surface area contributed by atoms with Gasteiger partial charge in [0.2, 0.25) is 0 Å². The summed E-state index contributed by atoms with van der Waals surface area (Å²) in [6, 6.07) is 0. The summed E-state index contributed by atoms with van der Waals surface area (Å²) < 4.78 is 6.15. The topological polar surface area (TPSA) is 9.23 Å². The number of fused-ring (bicyclic) bond motifs is 5. The van der Waals surface area contributed by atoms with Crippen molar-refractivity contribution in [2.24, 2.45) is 40.4 Å². The Labute approximate surface area is 235 Å². The summed E-state index contributed by atoms with van der Waals surface area (Å²) in [5, 5.41) is 0. The van der Waals surface area contributed by atoms with Gasteiger partial charge in [0, 0.05) is 11.7 Å². The molecular formula is C28H45I2OPS. The van der Waals surface area contributed by atoms with Crippen molar-refractivity contribution in [2.75, 3.05) is 0 Å². The van der Waals surface area contributed by atoms with E-state index in [1.165, 1.54) is 77.0 Å². The maximum Gasteiger partial charge on any atom is 0.113 e. The summed E-state index contributed by atoms with van der Waals surface area (Å²) >= 11 is 6.74. The monoisotopic (exact) mass is 714 g/mol. The number of halogens is 2. The van der Waals surface area contributed by atoms with Crippen molar-refractivity contribution in [3.05, 3.63) is 23.8 Å². The fourth-order valence-electron chi connectivity index (χ4n) is 8.47. The molecule has 0 aromatic carbocycles. The fraction of sp³-hybridized carbons (Fsp3) is 0.857. The van der Waals surface area contributed by atoms with Crippen LogP contribution in [0.25, 0.3) is 0 Å². The number of allylic oxidation sites excluding steroid dienone is 3. The molecule has 3 saturated carbocycles. The first kappa shape index (κ1) is 27.7. The lowest BCUT2D eigenvalue weighted by Gasteiger charge is -2.58. The maximum absolute atomic E-state index is 6.23. The van der Waals surface area contributed by atoms with Gasteiger partial charge in [0.1, 0.15) is 2.41 Å². The van der Waals surface area contributed by atoms with E-state index in [2.05, 4.69) is 90.0 Å². The van der Waals surface area contributed by atoms with Crippen LogP contribution in [0.4, 0.5) is 0 Å². The Morgan fingerprint density at radius 2 is 1.88 bits per heavy atom. The first-order valence-electron chi connectivity index (χ1n) is 13.6. The van der Waals surface area contributed by atoms with Gasteiger partial charge in [-0.2, -0.15) is 0 Å². The second-order valence-corrected chi connectivity index (χ2v) is 29.5. The van der Waals surface area contributed by atoms with E-state index in [0.29, 0.717) is 16.9 Å². The third kappa shape index (κ3) is 5.90. The summed E-state index contributed by atoms with van der Waals surface area (Å²) in [6.45, 7) is 10.0. The standard InChI is InChI=1S/C28H45I2OPS/c1-5-20(6-2)9-7-8-10-21-12-14-25-24-13-11-22-19-23(31-33-32(29)30)15-17-28(22,4)26(24)16-18-27(21,25)3/h7-8,11,20-21,23-26H,5-6,9-10,12-19H2,1-4H3/b8-7+. The molecule has 0 amide bonds. The van der Waals surface area contributed by atoms with Gasteiger partial charge >= 0.3 is 0 Å². The third-order valence-corrected chi connectivity index (χ3v) is 14.7. The Hall–Kier alpha value is 1.68. The van der Waals surface area contributed by atoms with Crippen LogP contribution < -0.4 is 0 Å². The Kier molecular flexibility index (Phi) is 10.1. The van der Waals surface area contributed by atoms with Gasteiger partial charge in [0.25, 0.3) is 0 Å². The molecule has 7 atom stereocenters. The molecule has 1 nitrogen and oxygen atoms in total. The highest BCUT2D eigenvalue weighted by atomic mass is 127. The van der Waals surface area contributed by atoms with E-state index in [4.69, 9.17) is 4.18 Å².